The van der Waals surface area contributed by atoms with E-state index in [1.54, 1.807) is 0 Å². The minimum absolute atomic E-state index is 0. The van der Waals surface area contributed by atoms with Crippen molar-refractivity contribution in [1.29, 1.82) is 0 Å². The van der Waals surface area contributed by atoms with E-state index in [2.05, 4.69) is 37.1 Å². The SMILES string of the molecule is CC[N-]CC.C[Si](C)C.[C-]1=CC=CC1.[Cl-].[Cl-].[V+4]. The Hall–Kier alpha value is 0.821. The van der Waals surface area contributed by atoms with Gasteiger partial charge in [-0.3, -0.25) is 6.08 Å². The van der Waals surface area contributed by atoms with Crippen LogP contribution >= 0.6 is 0 Å². The third-order valence-corrected chi connectivity index (χ3v) is 1.03. The van der Waals surface area contributed by atoms with E-state index in [9.17, 15) is 0 Å². The summed E-state index contributed by atoms with van der Waals surface area (Å²) in [6, 6.07) is 0. The number of hydrogen-bond acceptors (Lipinski definition) is 0. The molecule has 0 fully saturated rings. The monoisotopic (exact) mass is 331 g/mol. The van der Waals surface area contributed by atoms with Crippen molar-refractivity contribution >= 4 is 8.80 Å². The molecule has 0 heterocycles. The molecular weight excluding hydrogens is 308 g/mol. The molecule has 0 aromatic rings. The number of allylic oxidation sites excluding steroid dienone is 4. The van der Waals surface area contributed by atoms with Crippen LogP contribution in [0.2, 0.25) is 19.6 Å². The molecule has 0 N–H and O–H groups in total. The fraction of sp³-hybridized carbons (Fsp3) is 0.667. The van der Waals surface area contributed by atoms with Crippen molar-refractivity contribution in [3.63, 3.8) is 0 Å². The second-order valence-corrected chi connectivity index (χ2v) is 6.36. The Labute approximate surface area is 134 Å². The summed E-state index contributed by atoms with van der Waals surface area (Å²) < 4.78 is 0. The minimum atomic E-state index is 0. The third kappa shape index (κ3) is 60.4. The first-order chi connectivity index (χ1) is 6.65. The Morgan fingerprint density at radius 2 is 1.53 bits per heavy atom. The second-order valence-electron chi connectivity index (χ2n) is 3.36. The number of halogens is 2. The van der Waals surface area contributed by atoms with Gasteiger partial charge in [0, 0.05) is 8.80 Å². The first-order valence-corrected chi connectivity index (χ1v) is 8.26. The Balaban J connectivity index is -0.0000000392. The molecule has 0 saturated carbocycles. The zero-order valence-corrected chi connectivity index (χ0v) is 15.4. The summed E-state index contributed by atoms with van der Waals surface area (Å²) in [5.41, 5.74) is 0. The van der Waals surface area contributed by atoms with Gasteiger partial charge in [-0.2, -0.15) is 19.2 Å². The Morgan fingerprint density at radius 3 is 1.59 bits per heavy atom. The molecule has 0 atom stereocenters. The van der Waals surface area contributed by atoms with Crippen molar-refractivity contribution in [1.82, 2.24) is 0 Å². The standard InChI is InChI=1S/C5H5.C4H10N.C3H9Si.2ClH.V/c1-2-4-5-3-1;1-3-5-4-2;1-4(2)3;;;/h1-3H,4H2;3-4H2,1-2H3;1-3H3;2*1H;/q2*-1;;;;+4/p-2. The summed E-state index contributed by atoms with van der Waals surface area (Å²) in [7, 11) is 0.120. The fourth-order valence-electron chi connectivity index (χ4n) is 0.564. The van der Waals surface area contributed by atoms with E-state index in [-0.39, 0.29) is 52.2 Å². The molecule has 0 bridgehead atoms. The van der Waals surface area contributed by atoms with Gasteiger partial charge in [0.2, 0.25) is 0 Å². The summed E-state index contributed by atoms with van der Waals surface area (Å²) in [6.45, 7) is 12.8. The van der Waals surface area contributed by atoms with E-state index in [1.807, 2.05) is 26.0 Å². The first kappa shape index (κ1) is 30.7. The van der Waals surface area contributed by atoms with Crippen LogP contribution in [-0.4, -0.2) is 21.9 Å². The van der Waals surface area contributed by atoms with Crippen molar-refractivity contribution in [2.24, 2.45) is 0 Å². The van der Waals surface area contributed by atoms with E-state index in [4.69, 9.17) is 0 Å². The van der Waals surface area contributed by atoms with Crippen LogP contribution in [-0.2, 0) is 18.6 Å². The van der Waals surface area contributed by atoms with Gasteiger partial charge in [-0.25, -0.2) is 12.2 Å². The van der Waals surface area contributed by atoms with Crippen LogP contribution < -0.4 is 24.8 Å². The van der Waals surface area contributed by atoms with Gasteiger partial charge in [-0.1, -0.05) is 33.5 Å². The van der Waals surface area contributed by atoms with Gasteiger partial charge in [0.25, 0.3) is 0 Å². The molecule has 1 aliphatic rings. The van der Waals surface area contributed by atoms with Gasteiger partial charge in [-0.05, 0) is 0 Å². The van der Waals surface area contributed by atoms with E-state index in [0.29, 0.717) is 0 Å². The average molecular weight is 332 g/mol. The van der Waals surface area contributed by atoms with Crippen LogP contribution in [0.1, 0.15) is 20.3 Å². The van der Waals surface area contributed by atoms with Crippen molar-refractivity contribution in [2.45, 2.75) is 39.9 Å². The van der Waals surface area contributed by atoms with Crippen molar-refractivity contribution in [3.05, 3.63) is 29.6 Å². The van der Waals surface area contributed by atoms with Gasteiger partial charge in [-0.15, -0.1) is 6.42 Å². The molecule has 2 radical (unpaired) electrons. The molecule has 0 aliphatic heterocycles. The molecule has 5 heteroatoms. The molecule has 0 unspecified atom stereocenters. The van der Waals surface area contributed by atoms with E-state index < -0.39 is 0 Å². The summed E-state index contributed by atoms with van der Waals surface area (Å²) in [5, 5.41) is 3.97. The Kier molecular flexibility index (Phi) is 54.4. The van der Waals surface area contributed by atoms with Crippen molar-refractivity contribution < 1.29 is 43.4 Å². The first-order valence-electron chi connectivity index (χ1n) is 5.26. The largest absolute Gasteiger partial charge is 4.00 e. The van der Waals surface area contributed by atoms with Crippen LogP contribution in [0.5, 0.6) is 0 Å². The van der Waals surface area contributed by atoms with Gasteiger partial charge in [0.15, 0.2) is 0 Å². The topological polar surface area (TPSA) is 14.1 Å². The molecule has 0 saturated heterocycles. The summed E-state index contributed by atoms with van der Waals surface area (Å²) in [5.74, 6) is 0. The van der Waals surface area contributed by atoms with Crippen molar-refractivity contribution in [3.8, 4) is 0 Å². The van der Waals surface area contributed by atoms with Crippen LogP contribution in [0.4, 0.5) is 0 Å². The van der Waals surface area contributed by atoms with Gasteiger partial charge in [0.05, 0.1) is 0 Å². The van der Waals surface area contributed by atoms with E-state index >= 15 is 0 Å². The van der Waals surface area contributed by atoms with E-state index in [0.717, 1.165) is 19.5 Å². The molecule has 0 amide bonds. The zero-order valence-electron chi connectivity index (χ0n) is 11.5. The van der Waals surface area contributed by atoms with Gasteiger partial charge >= 0.3 is 18.6 Å². The number of nitrogens with zero attached hydrogens (tertiary/aromatic N) is 1. The third-order valence-electron chi connectivity index (χ3n) is 1.03. The Bertz CT molecular complexity index is 139. The molecular formula is C12H24Cl2NSiV. The maximum atomic E-state index is 3.97. The predicted octanol–water partition coefficient (Wildman–Crippen LogP) is -1.92. The van der Waals surface area contributed by atoms with Gasteiger partial charge < -0.3 is 30.1 Å². The maximum Gasteiger partial charge on any atom is 4.00 e. The van der Waals surface area contributed by atoms with Crippen LogP contribution in [0.3, 0.4) is 0 Å². The second kappa shape index (κ2) is 30.1. The van der Waals surface area contributed by atoms with Crippen LogP contribution in [0, 0.1) is 6.08 Å². The molecule has 0 aromatic carbocycles. The molecule has 1 rings (SSSR count). The molecule has 0 spiro atoms. The number of rotatable bonds is 2. The summed E-state index contributed by atoms with van der Waals surface area (Å²) >= 11 is 0. The van der Waals surface area contributed by atoms with Crippen molar-refractivity contribution in [2.75, 3.05) is 13.1 Å². The normalized spacial score (nSPS) is 9.76. The van der Waals surface area contributed by atoms with Crippen LogP contribution in [0.15, 0.2) is 18.2 Å². The zero-order chi connectivity index (χ0) is 11.2. The molecule has 0 aromatic heterocycles. The van der Waals surface area contributed by atoms with Crippen LogP contribution in [0.25, 0.3) is 5.32 Å². The molecule has 17 heavy (non-hydrogen) atoms. The number of hydrogen-bond donors (Lipinski definition) is 0. The quantitative estimate of drug-likeness (QED) is 0.414. The van der Waals surface area contributed by atoms with Gasteiger partial charge in [0.1, 0.15) is 0 Å². The smallest absolute Gasteiger partial charge is 1.00 e. The maximum absolute atomic E-state index is 3.97. The summed E-state index contributed by atoms with van der Waals surface area (Å²) in [4.78, 5) is 0. The Morgan fingerprint density at radius 1 is 1.12 bits per heavy atom. The molecule has 1 aliphatic carbocycles. The fourth-order valence-corrected chi connectivity index (χ4v) is 0.564. The minimum Gasteiger partial charge on any atom is -1.00 e. The predicted molar refractivity (Wildman–Crippen MR) is 69.4 cm³/mol. The summed E-state index contributed by atoms with van der Waals surface area (Å²) in [6.07, 6.45) is 10.0. The molecule has 1 nitrogen and oxygen atoms in total. The average Bonchev–Trinajstić information content (AvgIpc) is 2.61. The van der Waals surface area contributed by atoms with E-state index in [1.165, 1.54) is 0 Å². The molecule has 100 valence electrons.